The largest absolute Gasteiger partial charge is 0.346 e. The molecule has 5 heteroatoms. The van der Waals surface area contributed by atoms with Gasteiger partial charge in [0.1, 0.15) is 18.3 Å². The van der Waals surface area contributed by atoms with Crippen LogP contribution in [0.5, 0.6) is 0 Å². The predicted octanol–water partition coefficient (Wildman–Crippen LogP) is 2.21. The Morgan fingerprint density at radius 2 is 1.72 bits per heavy atom. The van der Waals surface area contributed by atoms with E-state index in [1.54, 1.807) is 0 Å². The predicted molar refractivity (Wildman–Crippen MR) is 66.5 cm³/mol. The molecule has 3 aliphatic rings. The molecule has 0 unspecified atom stereocenters. The van der Waals surface area contributed by atoms with Gasteiger partial charge in [-0.1, -0.05) is 6.08 Å². The molecule has 102 valence electrons. The van der Waals surface area contributed by atoms with E-state index < -0.39 is 11.6 Å². The SMILES string of the molecule is CC1(C)O[C@@H]2[C@H](O1)[C@@H](Cl)C=C1COC(C)(C)O[C@H]12. The number of ether oxygens (including phenoxy) is 4. The highest BCUT2D eigenvalue weighted by Crippen LogP contribution is 2.42. The molecule has 0 aromatic heterocycles. The highest BCUT2D eigenvalue weighted by molar-refractivity contribution is 6.22. The van der Waals surface area contributed by atoms with E-state index in [2.05, 4.69) is 0 Å². The molecular weight excluding hydrogens is 256 g/mol. The maximum Gasteiger partial charge on any atom is 0.164 e. The summed E-state index contributed by atoms with van der Waals surface area (Å²) >= 11 is 6.34. The van der Waals surface area contributed by atoms with Gasteiger partial charge in [0.25, 0.3) is 0 Å². The van der Waals surface area contributed by atoms with Crippen LogP contribution in [-0.4, -0.2) is 41.9 Å². The Labute approximate surface area is 112 Å². The quantitative estimate of drug-likeness (QED) is 0.501. The third-order valence-corrected chi connectivity index (χ3v) is 3.89. The van der Waals surface area contributed by atoms with Gasteiger partial charge in [-0.15, -0.1) is 11.6 Å². The fraction of sp³-hybridized carbons (Fsp3) is 0.846. The van der Waals surface area contributed by atoms with Crippen LogP contribution < -0.4 is 0 Å². The third kappa shape index (κ3) is 2.10. The zero-order valence-corrected chi connectivity index (χ0v) is 11.9. The lowest BCUT2D eigenvalue weighted by Gasteiger charge is -2.43. The van der Waals surface area contributed by atoms with Crippen LogP contribution in [0.15, 0.2) is 11.6 Å². The molecule has 0 aromatic rings. The van der Waals surface area contributed by atoms with E-state index in [9.17, 15) is 0 Å². The van der Waals surface area contributed by atoms with E-state index >= 15 is 0 Å². The molecule has 0 aromatic carbocycles. The molecule has 2 aliphatic heterocycles. The highest BCUT2D eigenvalue weighted by atomic mass is 35.5. The van der Waals surface area contributed by atoms with E-state index in [1.807, 2.05) is 33.8 Å². The van der Waals surface area contributed by atoms with Gasteiger partial charge in [0, 0.05) is 0 Å². The Morgan fingerprint density at radius 1 is 1.06 bits per heavy atom. The van der Waals surface area contributed by atoms with Gasteiger partial charge < -0.3 is 18.9 Å². The van der Waals surface area contributed by atoms with Crippen molar-refractivity contribution in [2.45, 2.75) is 63.0 Å². The second kappa shape index (κ2) is 3.93. The maximum atomic E-state index is 6.34. The van der Waals surface area contributed by atoms with E-state index in [0.29, 0.717) is 6.61 Å². The summed E-state index contributed by atoms with van der Waals surface area (Å²) in [5.41, 5.74) is 1.05. The van der Waals surface area contributed by atoms with E-state index in [1.165, 1.54) is 0 Å². The van der Waals surface area contributed by atoms with Gasteiger partial charge in [-0.05, 0) is 33.3 Å². The van der Waals surface area contributed by atoms with Gasteiger partial charge >= 0.3 is 0 Å². The minimum Gasteiger partial charge on any atom is -0.346 e. The van der Waals surface area contributed by atoms with Gasteiger partial charge in [-0.3, -0.25) is 0 Å². The van der Waals surface area contributed by atoms with Gasteiger partial charge in [-0.2, -0.15) is 0 Å². The minimum absolute atomic E-state index is 0.129. The summed E-state index contributed by atoms with van der Waals surface area (Å²) in [4.78, 5) is 0. The summed E-state index contributed by atoms with van der Waals surface area (Å²) in [6, 6.07) is 0. The van der Waals surface area contributed by atoms with E-state index in [-0.39, 0.29) is 23.7 Å². The van der Waals surface area contributed by atoms with Gasteiger partial charge in [0.05, 0.1) is 12.0 Å². The molecule has 2 saturated heterocycles. The van der Waals surface area contributed by atoms with Crippen LogP contribution in [0.3, 0.4) is 0 Å². The van der Waals surface area contributed by atoms with Gasteiger partial charge in [-0.25, -0.2) is 0 Å². The van der Waals surface area contributed by atoms with Crippen LogP contribution in [-0.2, 0) is 18.9 Å². The highest BCUT2D eigenvalue weighted by Gasteiger charge is 2.54. The fourth-order valence-corrected chi connectivity index (χ4v) is 3.13. The first-order valence-electron chi connectivity index (χ1n) is 6.29. The molecule has 0 amide bonds. The Morgan fingerprint density at radius 3 is 2.44 bits per heavy atom. The van der Waals surface area contributed by atoms with Crippen LogP contribution in [0, 0.1) is 0 Å². The summed E-state index contributed by atoms with van der Waals surface area (Å²) in [6.07, 6.45) is 1.53. The van der Waals surface area contributed by atoms with Gasteiger partial charge in [0.2, 0.25) is 0 Å². The summed E-state index contributed by atoms with van der Waals surface area (Å²) in [5, 5.41) is -0.198. The standard InChI is InChI=1S/C13H19ClO4/c1-12(2)15-6-7-5-8(14)10-11(9(7)16-12)18-13(3,4)17-10/h5,8-11H,6H2,1-4H3/t8-,9+,10+,11-/m0/s1. The summed E-state index contributed by atoms with van der Waals surface area (Å²) in [5.74, 6) is -1.21. The average molecular weight is 275 g/mol. The number of alkyl halides is 1. The van der Waals surface area contributed by atoms with Crippen LogP contribution >= 0.6 is 11.6 Å². The second-order valence-corrected chi connectivity index (χ2v) is 6.48. The topological polar surface area (TPSA) is 36.9 Å². The van der Waals surface area contributed by atoms with Crippen molar-refractivity contribution in [3.63, 3.8) is 0 Å². The Hall–Kier alpha value is -0.130. The monoisotopic (exact) mass is 274 g/mol. The lowest BCUT2D eigenvalue weighted by molar-refractivity contribution is -0.273. The van der Waals surface area contributed by atoms with Crippen molar-refractivity contribution in [2.24, 2.45) is 0 Å². The number of hydrogen-bond acceptors (Lipinski definition) is 4. The van der Waals surface area contributed by atoms with Crippen LogP contribution in [0.2, 0.25) is 0 Å². The normalized spacial score (nSPS) is 45.1. The smallest absolute Gasteiger partial charge is 0.164 e. The van der Waals surface area contributed by atoms with Crippen LogP contribution in [0.4, 0.5) is 0 Å². The van der Waals surface area contributed by atoms with E-state index in [4.69, 9.17) is 30.5 Å². The first kappa shape index (κ1) is 12.9. The Balaban J connectivity index is 1.91. The molecule has 3 rings (SSSR count). The molecule has 0 saturated carbocycles. The molecule has 18 heavy (non-hydrogen) atoms. The molecule has 1 aliphatic carbocycles. The molecule has 0 bridgehead atoms. The molecule has 0 N–H and O–H groups in total. The minimum atomic E-state index is -0.614. The summed E-state index contributed by atoms with van der Waals surface area (Å²) in [7, 11) is 0. The van der Waals surface area contributed by atoms with Crippen molar-refractivity contribution in [2.75, 3.05) is 6.61 Å². The lowest BCUT2D eigenvalue weighted by Crippen LogP contribution is -2.53. The fourth-order valence-electron chi connectivity index (χ4n) is 2.77. The van der Waals surface area contributed by atoms with Crippen molar-refractivity contribution < 1.29 is 18.9 Å². The van der Waals surface area contributed by atoms with E-state index in [0.717, 1.165) is 5.57 Å². The summed E-state index contributed by atoms with van der Waals surface area (Å²) < 4.78 is 23.4. The van der Waals surface area contributed by atoms with Crippen molar-refractivity contribution in [3.05, 3.63) is 11.6 Å². The molecular formula is C13H19ClO4. The zero-order chi connectivity index (χ0) is 13.1. The van der Waals surface area contributed by atoms with Crippen LogP contribution in [0.1, 0.15) is 27.7 Å². The summed E-state index contributed by atoms with van der Waals surface area (Å²) in [6.45, 7) is 8.16. The average Bonchev–Trinajstić information content (AvgIpc) is 2.56. The van der Waals surface area contributed by atoms with Crippen LogP contribution in [0.25, 0.3) is 0 Å². The number of fused-ring (bicyclic) bond motifs is 3. The molecule has 2 fully saturated rings. The molecule has 0 radical (unpaired) electrons. The first-order valence-corrected chi connectivity index (χ1v) is 6.73. The van der Waals surface area contributed by atoms with Crippen molar-refractivity contribution in [3.8, 4) is 0 Å². The lowest BCUT2D eigenvalue weighted by atomic mass is 9.90. The number of hydrogen-bond donors (Lipinski definition) is 0. The zero-order valence-electron chi connectivity index (χ0n) is 11.1. The number of halogens is 1. The van der Waals surface area contributed by atoms with Crippen molar-refractivity contribution >= 4 is 11.6 Å². The number of rotatable bonds is 0. The Kier molecular flexibility index (Phi) is 2.81. The maximum absolute atomic E-state index is 6.34. The first-order chi connectivity index (χ1) is 8.27. The van der Waals surface area contributed by atoms with Crippen molar-refractivity contribution in [1.29, 1.82) is 0 Å². The Bertz CT molecular complexity index is 390. The molecule has 4 nitrogen and oxygen atoms in total. The van der Waals surface area contributed by atoms with Crippen molar-refractivity contribution in [1.82, 2.24) is 0 Å². The third-order valence-electron chi connectivity index (χ3n) is 3.51. The molecule has 2 heterocycles. The molecule has 4 atom stereocenters. The second-order valence-electron chi connectivity index (χ2n) is 5.98. The molecule has 0 spiro atoms. The van der Waals surface area contributed by atoms with Gasteiger partial charge in [0.15, 0.2) is 11.6 Å².